The van der Waals surface area contributed by atoms with Gasteiger partial charge in [-0.15, -0.1) is 0 Å². The molecule has 2 aromatic rings. The molecule has 0 aliphatic heterocycles. The van der Waals surface area contributed by atoms with Crippen molar-refractivity contribution in [1.82, 2.24) is 5.32 Å². The van der Waals surface area contributed by atoms with E-state index < -0.39 is 16.6 Å². The fourth-order valence-corrected chi connectivity index (χ4v) is 2.59. The molecule has 0 aliphatic carbocycles. The van der Waals surface area contributed by atoms with Crippen LogP contribution in [0.1, 0.15) is 44.4 Å². The predicted molar refractivity (Wildman–Crippen MR) is 106 cm³/mol. The van der Waals surface area contributed by atoms with Crippen LogP contribution in [0.4, 0.5) is 10.5 Å². The number of hydrogen-bond donors (Lipinski definition) is 1. The standard InChI is InChI=1S/C21H26N2O5/c1-21(2,3)28-20(24)22-13-12-19(17-9-5-4-6-10-17)27-15-16-8-7-11-18(14-16)23(25)26/h4-11,14,19H,12-13,15H2,1-3H3,(H,22,24). The second kappa shape index (κ2) is 9.85. The van der Waals surface area contributed by atoms with Gasteiger partial charge in [0.1, 0.15) is 5.60 Å². The van der Waals surface area contributed by atoms with Crippen molar-refractivity contribution >= 4 is 11.8 Å². The fraction of sp³-hybridized carbons (Fsp3) is 0.381. The summed E-state index contributed by atoms with van der Waals surface area (Å²) in [6.07, 6.45) is -0.202. The van der Waals surface area contributed by atoms with Crippen LogP contribution in [-0.4, -0.2) is 23.2 Å². The zero-order valence-corrected chi connectivity index (χ0v) is 16.4. The third kappa shape index (κ3) is 7.36. The van der Waals surface area contributed by atoms with E-state index in [1.807, 2.05) is 51.1 Å². The average Bonchev–Trinajstić information content (AvgIpc) is 2.64. The highest BCUT2D eigenvalue weighted by molar-refractivity contribution is 5.67. The lowest BCUT2D eigenvalue weighted by atomic mass is 10.1. The monoisotopic (exact) mass is 386 g/mol. The molecule has 7 nitrogen and oxygen atoms in total. The minimum absolute atomic E-state index is 0.0314. The number of nitro groups is 1. The Bertz CT molecular complexity index is 787. The van der Waals surface area contributed by atoms with Crippen LogP contribution < -0.4 is 5.32 Å². The largest absolute Gasteiger partial charge is 0.444 e. The lowest BCUT2D eigenvalue weighted by molar-refractivity contribution is -0.385. The van der Waals surface area contributed by atoms with Gasteiger partial charge in [0.2, 0.25) is 0 Å². The van der Waals surface area contributed by atoms with Gasteiger partial charge in [-0.25, -0.2) is 4.79 Å². The summed E-state index contributed by atoms with van der Waals surface area (Å²) < 4.78 is 11.3. The summed E-state index contributed by atoms with van der Waals surface area (Å²) in [5.41, 5.74) is 1.17. The van der Waals surface area contributed by atoms with E-state index >= 15 is 0 Å². The van der Waals surface area contributed by atoms with Crippen molar-refractivity contribution in [1.29, 1.82) is 0 Å². The Morgan fingerprint density at radius 2 is 1.86 bits per heavy atom. The van der Waals surface area contributed by atoms with Gasteiger partial charge in [-0.2, -0.15) is 0 Å². The number of amides is 1. The Kier molecular flexibility index (Phi) is 7.52. The molecule has 7 heteroatoms. The van der Waals surface area contributed by atoms with E-state index in [1.165, 1.54) is 12.1 Å². The Labute approximate surface area is 164 Å². The number of carbonyl (C=O) groups is 1. The normalized spacial score (nSPS) is 12.2. The maximum Gasteiger partial charge on any atom is 0.407 e. The first kappa shape index (κ1) is 21.4. The van der Waals surface area contributed by atoms with Crippen molar-refractivity contribution in [3.8, 4) is 0 Å². The van der Waals surface area contributed by atoms with Gasteiger partial charge in [0.05, 0.1) is 17.6 Å². The van der Waals surface area contributed by atoms with Crippen LogP contribution in [0.15, 0.2) is 54.6 Å². The average molecular weight is 386 g/mol. The smallest absolute Gasteiger partial charge is 0.407 e. The Morgan fingerprint density at radius 3 is 2.50 bits per heavy atom. The van der Waals surface area contributed by atoms with Gasteiger partial charge in [-0.1, -0.05) is 42.5 Å². The maximum absolute atomic E-state index is 11.8. The van der Waals surface area contributed by atoms with E-state index in [2.05, 4.69) is 5.32 Å². The van der Waals surface area contributed by atoms with Crippen LogP contribution in [0, 0.1) is 10.1 Å². The Morgan fingerprint density at radius 1 is 1.14 bits per heavy atom. The number of nitrogens with one attached hydrogen (secondary N) is 1. The zero-order chi connectivity index (χ0) is 20.6. The highest BCUT2D eigenvalue weighted by Gasteiger charge is 2.17. The first-order valence-electron chi connectivity index (χ1n) is 9.11. The molecule has 0 heterocycles. The van der Waals surface area contributed by atoms with E-state index in [9.17, 15) is 14.9 Å². The molecule has 150 valence electrons. The number of nitrogens with zero attached hydrogens (tertiary/aromatic N) is 1. The number of ether oxygens (including phenoxy) is 2. The number of alkyl carbamates (subject to hydrolysis) is 1. The topological polar surface area (TPSA) is 90.7 Å². The van der Waals surface area contributed by atoms with Gasteiger partial charge in [-0.3, -0.25) is 10.1 Å². The van der Waals surface area contributed by atoms with E-state index in [-0.39, 0.29) is 18.4 Å². The van der Waals surface area contributed by atoms with Crippen molar-refractivity contribution in [3.05, 3.63) is 75.8 Å². The molecule has 0 spiro atoms. The third-order valence-electron chi connectivity index (χ3n) is 3.82. The first-order chi connectivity index (χ1) is 13.2. The number of rotatable bonds is 8. The summed E-state index contributed by atoms with van der Waals surface area (Å²) >= 11 is 0. The summed E-state index contributed by atoms with van der Waals surface area (Å²) in [5.74, 6) is 0. The van der Waals surface area contributed by atoms with Crippen LogP contribution in [-0.2, 0) is 16.1 Å². The molecule has 0 fully saturated rings. The summed E-state index contributed by atoms with van der Waals surface area (Å²) in [7, 11) is 0. The highest BCUT2D eigenvalue weighted by Crippen LogP contribution is 2.23. The molecular weight excluding hydrogens is 360 g/mol. The van der Waals surface area contributed by atoms with Crippen LogP contribution in [0.25, 0.3) is 0 Å². The first-order valence-corrected chi connectivity index (χ1v) is 9.11. The molecule has 1 atom stereocenters. The molecule has 0 bridgehead atoms. The van der Waals surface area contributed by atoms with E-state index in [4.69, 9.17) is 9.47 Å². The van der Waals surface area contributed by atoms with Gasteiger partial charge in [-0.05, 0) is 38.3 Å². The molecular formula is C21H26N2O5. The van der Waals surface area contributed by atoms with Gasteiger partial charge < -0.3 is 14.8 Å². The second-order valence-electron chi connectivity index (χ2n) is 7.35. The van der Waals surface area contributed by atoms with Crippen molar-refractivity contribution in [2.75, 3.05) is 6.54 Å². The molecule has 0 aliphatic rings. The van der Waals surface area contributed by atoms with Crippen LogP contribution >= 0.6 is 0 Å². The molecule has 1 N–H and O–H groups in total. The SMILES string of the molecule is CC(C)(C)OC(=O)NCCC(OCc1cccc([N+](=O)[O-])c1)c1ccccc1. The summed E-state index contributed by atoms with van der Waals surface area (Å²) in [5, 5.41) is 13.7. The quantitative estimate of drug-likeness (QED) is 0.521. The molecule has 0 saturated carbocycles. The summed E-state index contributed by atoms with van der Waals surface area (Å²) in [6, 6.07) is 16.0. The lowest BCUT2D eigenvalue weighted by Gasteiger charge is -2.21. The van der Waals surface area contributed by atoms with Crippen molar-refractivity contribution in [2.45, 2.75) is 45.5 Å². The van der Waals surface area contributed by atoms with Crippen molar-refractivity contribution < 1.29 is 19.2 Å². The molecule has 28 heavy (non-hydrogen) atoms. The number of carbonyl (C=O) groups excluding carboxylic acids is 1. The van der Waals surface area contributed by atoms with Gasteiger partial charge >= 0.3 is 6.09 Å². The Hall–Kier alpha value is -2.93. The number of nitro benzene ring substituents is 1. The van der Waals surface area contributed by atoms with Crippen LogP contribution in [0.2, 0.25) is 0 Å². The molecule has 2 aromatic carbocycles. The Balaban J connectivity index is 1.98. The molecule has 0 radical (unpaired) electrons. The van der Waals surface area contributed by atoms with Gasteiger partial charge in [0, 0.05) is 18.7 Å². The molecule has 1 unspecified atom stereocenters. The second-order valence-corrected chi connectivity index (χ2v) is 7.35. The minimum Gasteiger partial charge on any atom is -0.444 e. The summed E-state index contributed by atoms with van der Waals surface area (Å²) in [4.78, 5) is 22.3. The number of non-ortho nitro benzene ring substituents is 1. The molecule has 2 rings (SSSR count). The highest BCUT2D eigenvalue weighted by atomic mass is 16.6. The zero-order valence-electron chi connectivity index (χ0n) is 16.4. The van der Waals surface area contributed by atoms with Crippen molar-refractivity contribution in [2.24, 2.45) is 0 Å². The predicted octanol–water partition coefficient (Wildman–Crippen LogP) is 4.77. The minimum atomic E-state index is -0.554. The number of hydrogen-bond acceptors (Lipinski definition) is 5. The molecule has 0 saturated heterocycles. The third-order valence-corrected chi connectivity index (χ3v) is 3.82. The van der Waals surface area contributed by atoms with Crippen molar-refractivity contribution in [3.63, 3.8) is 0 Å². The fourth-order valence-electron chi connectivity index (χ4n) is 2.59. The van der Waals surface area contributed by atoms with Crippen LogP contribution in [0.3, 0.4) is 0 Å². The summed E-state index contributed by atoms with van der Waals surface area (Å²) in [6.45, 7) is 6.03. The molecule has 0 aromatic heterocycles. The van der Waals surface area contributed by atoms with E-state index in [0.717, 1.165) is 11.1 Å². The van der Waals surface area contributed by atoms with Gasteiger partial charge in [0.25, 0.3) is 5.69 Å². The maximum atomic E-state index is 11.8. The van der Waals surface area contributed by atoms with Gasteiger partial charge in [0.15, 0.2) is 0 Å². The van der Waals surface area contributed by atoms with Crippen LogP contribution in [0.5, 0.6) is 0 Å². The number of benzene rings is 2. The van der Waals surface area contributed by atoms with E-state index in [1.54, 1.807) is 12.1 Å². The lowest BCUT2D eigenvalue weighted by Crippen LogP contribution is -2.33. The van der Waals surface area contributed by atoms with E-state index in [0.29, 0.717) is 13.0 Å². The molecule has 1 amide bonds.